The highest BCUT2D eigenvalue weighted by molar-refractivity contribution is 6.33. The molecule has 2 heterocycles. The molecular weight excluding hydrogens is 314 g/mol. The maximum Gasteiger partial charge on any atom is 0.356 e. The molecule has 120 valence electrons. The number of anilines is 1. The van der Waals surface area contributed by atoms with Crippen molar-refractivity contribution >= 4 is 23.5 Å². The third kappa shape index (κ3) is 3.79. The number of rotatable bonds is 4. The molecule has 1 aliphatic heterocycles. The number of carbonyl (C=O) groups is 1. The number of hydrogen-bond acceptors (Lipinski definition) is 4. The summed E-state index contributed by atoms with van der Waals surface area (Å²) in [6.45, 7) is 1.66. The van der Waals surface area contributed by atoms with Gasteiger partial charge in [0.1, 0.15) is 0 Å². The first-order valence-electron chi connectivity index (χ1n) is 7.68. The average Bonchev–Trinajstić information content (AvgIpc) is 2.57. The van der Waals surface area contributed by atoms with E-state index >= 15 is 0 Å². The number of carboxylic acid groups (broad SMARTS) is 1. The summed E-state index contributed by atoms with van der Waals surface area (Å²) >= 11 is 5.82. The smallest absolute Gasteiger partial charge is 0.356 e. The van der Waals surface area contributed by atoms with Crippen LogP contribution in [0.2, 0.25) is 5.02 Å². The van der Waals surface area contributed by atoms with Gasteiger partial charge < -0.3 is 10.0 Å². The van der Waals surface area contributed by atoms with Crippen molar-refractivity contribution in [3.8, 4) is 0 Å². The van der Waals surface area contributed by atoms with Crippen LogP contribution in [0.4, 0.5) is 5.95 Å². The molecule has 0 spiro atoms. The van der Waals surface area contributed by atoms with Gasteiger partial charge in [-0.1, -0.05) is 41.9 Å². The van der Waals surface area contributed by atoms with Crippen LogP contribution in [0.3, 0.4) is 0 Å². The Morgan fingerprint density at radius 2 is 1.96 bits per heavy atom. The van der Waals surface area contributed by atoms with Gasteiger partial charge in [-0.3, -0.25) is 0 Å². The van der Waals surface area contributed by atoms with Crippen molar-refractivity contribution in [1.82, 2.24) is 9.97 Å². The summed E-state index contributed by atoms with van der Waals surface area (Å²) in [5, 5.41) is 9.17. The van der Waals surface area contributed by atoms with Gasteiger partial charge in [-0.25, -0.2) is 14.8 Å². The van der Waals surface area contributed by atoms with Crippen molar-refractivity contribution in [2.24, 2.45) is 5.92 Å². The van der Waals surface area contributed by atoms with Crippen LogP contribution in [0.1, 0.15) is 28.9 Å². The Hall–Kier alpha value is -2.14. The number of aromatic carboxylic acids is 1. The summed E-state index contributed by atoms with van der Waals surface area (Å²) in [7, 11) is 0. The minimum Gasteiger partial charge on any atom is -0.476 e. The normalized spacial score (nSPS) is 15.6. The molecule has 1 aliphatic rings. The number of nitrogens with zero attached hydrogens (tertiary/aromatic N) is 3. The molecule has 1 aromatic heterocycles. The molecule has 0 aliphatic carbocycles. The van der Waals surface area contributed by atoms with E-state index in [1.54, 1.807) is 0 Å². The van der Waals surface area contributed by atoms with Crippen LogP contribution in [0.15, 0.2) is 36.5 Å². The van der Waals surface area contributed by atoms with E-state index in [4.69, 9.17) is 16.7 Å². The largest absolute Gasteiger partial charge is 0.476 e. The van der Waals surface area contributed by atoms with Crippen LogP contribution in [-0.2, 0) is 6.42 Å². The molecule has 0 unspecified atom stereocenters. The lowest BCUT2D eigenvalue weighted by molar-refractivity contribution is 0.0690. The first-order chi connectivity index (χ1) is 11.1. The molecule has 23 heavy (non-hydrogen) atoms. The number of halogens is 1. The zero-order valence-corrected chi connectivity index (χ0v) is 13.4. The molecule has 0 bridgehead atoms. The second-order valence-corrected chi connectivity index (χ2v) is 6.20. The monoisotopic (exact) mass is 331 g/mol. The zero-order valence-electron chi connectivity index (χ0n) is 12.7. The van der Waals surface area contributed by atoms with Gasteiger partial charge in [0.15, 0.2) is 5.69 Å². The minimum atomic E-state index is -1.13. The van der Waals surface area contributed by atoms with E-state index < -0.39 is 5.97 Å². The van der Waals surface area contributed by atoms with Crippen LogP contribution < -0.4 is 4.90 Å². The van der Waals surface area contributed by atoms with Crippen molar-refractivity contribution in [2.75, 3.05) is 18.0 Å². The Bertz CT molecular complexity index is 685. The zero-order chi connectivity index (χ0) is 16.2. The van der Waals surface area contributed by atoms with E-state index in [0.29, 0.717) is 11.9 Å². The molecule has 1 aromatic carbocycles. The van der Waals surface area contributed by atoms with Crippen molar-refractivity contribution in [3.63, 3.8) is 0 Å². The number of carboxylic acids is 1. The fraction of sp³-hybridized carbons (Fsp3) is 0.353. The lowest BCUT2D eigenvalue weighted by Gasteiger charge is -2.32. The summed E-state index contributed by atoms with van der Waals surface area (Å²) < 4.78 is 0. The Balaban J connectivity index is 1.63. The molecule has 3 rings (SSSR count). The van der Waals surface area contributed by atoms with Gasteiger partial charge in [0.2, 0.25) is 5.95 Å². The van der Waals surface area contributed by atoms with Crippen LogP contribution in [0.25, 0.3) is 0 Å². The number of hydrogen-bond donors (Lipinski definition) is 1. The van der Waals surface area contributed by atoms with Crippen molar-refractivity contribution in [1.29, 1.82) is 0 Å². The lowest BCUT2D eigenvalue weighted by atomic mass is 9.90. The van der Waals surface area contributed by atoms with Gasteiger partial charge in [0.25, 0.3) is 0 Å². The molecular formula is C17H18ClN3O2. The first-order valence-corrected chi connectivity index (χ1v) is 8.06. The highest BCUT2D eigenvalue weighted by atomic mass is 35.5. The molecule has 0 saturated carbocycles. The van der Waals surface area contributed by atoms with Crippen molar-refractivity contribution in [2.45, 2.75) is 19.3 Å². The first kappa shape index (κ1) is 15.7. The van der Waals surface area contributed by atoms with E-state index in [1.807, 2.05) is 11.0 Å². The standard InChI is InChI=1S/C17H18ClN3O2/c18-14-11-19-17(20-15(14)16(22)23)21-8-6-13(7-9-21)10-12-4-2-1-3-5-12/h1-5,11,13H,6-10H2,(H,22,23). The molecule has 5 nitrogen and oxygen atoms in total. The maximum atomic E-state index is 11.1. The maximum absolute atomic E-state index is 11.1. The van der Waals surface area contributed by atoms with Gasteiger partial charge in [0, 0.05) is 13.1 Å². The van der Waals surface area contributed by atoms with Gasteiger partial charge >= 0.3 is 5.97 Å². The van der Waals surface area contributed by atoms with Crippen molar-refractivity contribution < 1.29 is 9.90 Å². The lowest BCUT2D eigenvalue weighted by Crippen LogP contribution is -2.35. The average molecular weight is 332 g/mol. The van der Waals surface area contributed by atoms with Crippen molar-refractivity contribution in [3.05, 3.63) is 52.8 Å². The predicted octanol–water partition coefficient (Wildman–Crippen LogP) is 3.29. The quantitative estimate of drug-likeness (QED) is 0.931. The van der Waals surface area contributed by atoms with Crippen LogP contribution in [-0.4, -0.2) is 34.1 Å². The topological polar surface area (TPSA) is 66.3 Å². The van der Waals surface area contributed by atoms with Crippen LogP contribution in [0, 0.1) is 5.92 Å². The van der Waals surface area contributed by atoms with Gasteiger partial charge in [-0.2, -0.15) is 0 Å². The minimum absolute atomic E-state index is 0.0696. The molecule has 0 atom stereocenters. The summed E-state index contributed by atoms with van der Waals surface area (Å²) in [6.07, 6.45) is 4.53. The summed E-state index contributed by atoms with van der Waals surface area (Å²) in [6, 6.07) is 10.5. The van der Waals surface area contributed by atoms with E-state index in [9.17, 15) is 4.79 Å². The Morgan fingerprint density at radius 1 is 1.26 bits per heavy atom. The highest BCUT2D eigenvalue weighted by Crippen LogP contribution is 2.25. The van der Waals surface area contributed by atoms with Crippen LogP contribution in [0.5, 0.6) is 0 Å². The second kappa shape index (κ2) is 6.96. The van der Waals surface area contributed by atoms with Crippen LogP contribution >= 0.6 is 11.6 Å². The Kier molecular flexibility index (Phi) is 4.76. The third-order valence-corrected chi connectivity index (χ3v) is 4.48. The second-order valence-electron chi connectivity index (χ2n) is 5.79. The van der Waals surface area contributed by atoms with E-state index in [-0.39, 0.29) is 10.7 Å². The van der Waals surface area contributed by atoms with Gasteiger partial charge in [-0.15, -0.1) is 0 Å². The summed E-state index contributed by atoms with van der Waals surface area (Å²) in [5.41, 5.74) is 1.23. The van der Waals surface area contributed by atoms with E-state index in [1.165, 1.54) is 11.8 Å². The van der Waals surface area contributed by atoms with Gasteiger partial charge in [0.05, 0.1) is 11.2 Å². The van der Waals surface area contributed by atoms with E-state index in [0.717, 1.165) is 32.4 Å². The highest BCUT2D eigenvalue weighted by Gasteiger charge is 2.22. The Morgan fingerprint density at radius 3 is 2.61 bits per heavy atom. The number of aromatic nitrogens is 2. The Labute approximate surface area is 139 Å². The molecule has 0 radical (unpaired) electrons. The predicted molar refractivity (Wildman–Crippen MR) is 89.1 cm³/mol. The SMILES string of the molecule is O=C(O)c1nc(N2CCC(Cc3ccccc3)CC2)ncc1Cl. The van der Waals surface area contributed by atoms with E-state index in [2.05, 4.69) is 34.2 Å². The van der Waals surface area contributed by atoms with Gasteiger partial charge in [-0.05, 0) is 30.7 Å². The molecule has 0 amide bonds. The fourth-order valence-electron chi connectivity index (χ4n) is 2.94. The fourth-order valence-corrected chi connectivity index (χ4v) is 3.12. The molecule has 2 aromatic rings. The summed E-state index contributed by atoms with van der Waals surface area (Å²) in [4.78, 5) is 21.4. The molecule has 6 heteroatoms. The molecule has 1 N–H and O–H groups in total. The molecule has 1 fully saturated rings. The number of piperidine rings is 1. The number of benzene rings is 1. The summed E-state index contributed by atoms with van der Waals surface area (Å²) in [5.74, 6) is -0.0394. The molecule has 1 saturated heterocycles. The third-order valence-electron chi connectivity index (χ3n) is 4.20.